The molecule has 2 aromatic rings. The quantitative estimate of drug-likeness (QED) is 0.715. The molecule has 0 aliphatic rings. The highest BCUT2D eigenvalue weighted by Crippen LogP contribution is 2.20. The lowest BCUT2D eigenvalue weighted by atomic mass is 10.3. The number of hydrogen-bond donors (Lipinski definition) is 2. The molecule has 6 nitrogen and oxygen atoms in total. The Kier molecular flexibility index (Phi) is 7.36. The van der Waals surface area contributed by atoms with Crippen molar-refractivity contribution in [2.45, 2.75) is 6.61 Å². The predicted octanol–water partition coefficient (Wildman–Crippen LogP) is 3.45. The summed E-state index contributed by atoms with van der Waals surface area (Å²) in [6.45, 7) is -3.10. The van der Waals surface area contributed by atoms with Crippen LogP contribution in [-0.2, 0) is 9.59 Å². The van der Waals surface area contributed by atoms with Crippen molar-refractivity contribution in [1.82, 2.24) is 4.90 Å². The van der Waals surface area contributed by atoms with Crippen LogP contribution in [-0.4, -0.2) is 43.5 Å². The first-order valence-electron chi connectivity index (χ1n) is 7.92. The number of carbonyl (C=O) groups excluding carboxylic acids is 2. The third-order valence-corrected chi connectivity index (χ3v) is 3.81. The summed E-state index contributed by atoms with van der Waals surface area (Å²) in [5, 5.41) is 5.89. The number of nitrogens with zero attached hydrogens (tertiary/aromatic N) is 1. The van der Waals surface area contributed by atoms with Crippen LogP contribution in [0.25, 0.3) is 0 Å². The van der Waals surface area contributed by atoms with Crippen LogP contribution in [0.1, 0.15) is 0 Å². The van der Waals surface area contributed by atoms with Gasteiger partial charge >= 0.3 is 6.61 Å². The maximum absolute atomic E-state index is 12.1. The van der Waals surface area contributed by atoms with Crippen LogP contribution in [0.2, 0.25) is 5.02 Å². The Morgan fingerprint density at radius 3 is 2.44 bits per heavy atom. The molecule has 0 unspecified atom stereocenters. The molecular formula is C18H18ClF2N3O3. The van der Waals surface area contributed by atoms with Crippen molar-refractivity contribution in [2.24, 2.45) is 0 Å². The van der Waals surface area contributed by atoms with Crippen LogP contribution < -0.4 is 15.4 Å². The number of benzene rings is 2. The van der Waals surface area contributed by atoms with Crippen LogP contribution in [0.3, 0.4) is 0 Å². The molecule has 0 fully saturated rings. The van der Waals surface area contributed by atoms with Gasteiger partial charge in [0.25, 0.3) is 0 Å². The van der Waals surface area contributed by atoms with Gasteiger partial charge in [-0.1, -0.05) is 23.7 Å². The Morgan fingerprint density at radius 1 is 1.15 bits per heavy atom. The van der Waals surface area contributed by atoms with E-state index < -0.39 is 6.61 Å². The molecule has 0 aliphatic carbocycles. The lowest BCUT2D eigenvalue weighted by Gasteiger charge is -2.18. The number of alkyl halides is 2. The molecule has 2 rings (SSSR count). The van der Waals surface area contributed by atoms with E-state index >= 15 is 0 Å². The number of carbonyl (C=O) groups is 2. The minimum absolute atomic E-state index is 0.0234. The van der Waals surface area contributed by atoms with Gasteiger partial charge in [-0.15, -0.1) is 0 Å². The van der Waals surface area contributed by atoms with Gasteiger partial charge in [0.1, 0.15) is 5.75 Å². The number of likely N-dealkylation sites (N-methyl/N-ethyl adjacent to an activating group) is 1. The van der Waals surface area contributed by atoms with Crippen molar-refractivity contribution in [3.8, 4) is 5.75 Å². The second-order valence-electron chi connectivity index (χ2n) is 5.53. The molecule has 0 heterocycles. The zero-order valence-electron chi connectivity index (χ0n) is 14.4. The standard InChI is InChI=1S/C18H18ClF2N3O3/c1-24(11-16(25)23-15-5-3-2-4-14(15)19)17(26)10-22-12-6-8-13(9-7-12)27-18(20)21/h2-9,18,22H,10-11H2,1H3,(H,23,25). The monoisotopic (exact) mass is 397 g/mol. The van der Waals surface area contributed by atoms with Crippen molar-refractivity contribution in [2.75, 3.05) is 30.8 Å². The zero-order chi connectivity index (χ0) is 19.8. The van der Waals surface area contributed by atoms with Gasteiger partial charge in [-0.25, -0.2) is 0 Å². The molecule has 0 bridgehead atoms. The largest absolute Gasteiger partial charge is 0.435 e. The summed E-state index contributed by atoms with van der Waals surface area (Å²) in [5.74, 6) is -0.681. The maximum atomic E-state index is 12.1. The lowest BCUT2D eigenvalue weighted by molar-refractivity contribution is -0.131. The van der Waals surface area contributed by atoms with E-state index in [1.54, 1.807) is 24.3 Å². The Bertz CT molecular complexity index is 788. The fourth-order valence-electron chi connectivity index (χ4n) is 2.12. The van der Waals surface area contributed by atoms with E-state index in [0.29, 0.717) is 16.4 Å². The smallest absolute Gasteiger partial charge is 0.387 e. The van der Waals surface area contributed by atoms with Crippen molar-refractivity contribution < 1.29 is 23.1 Å². The summed E-state index contributed by atoms with van der Waals surface area (Å²) in [5.41, 5.74) is 1.02. The number of halogens is 3. The van der Waals surface area contributed by atoms with E-state index in [9.17, 15) is 18.4 Å². The van der Waals surface area contributed by atoms with Crippen LogP contribution in [0.4, 0.5) is 20.2 Å². The zero-order valence-corrected chi connectivity index (χ0v) is 15.2. The maximum Gasteiger partial charge on any atom is 0.387 e. The summed E-state index contributed by atoms with van der Waals surface area (Å²) in [4.78, 5) is 25.4. The third kappa shape index (κ3) is 6.74. The first-order chi connectivity index (χ1) is 12.8. The minimum Gasteiger partial charge on any atom is -0.435 e. The van der Waals surface area contributed by atoms with Crippen molar-refractivity contribution in [3.05, 3.63) is 53.6 Å². The Balaban J connectivity index is 1.79. The molecule has 0 saturated heterocycles. The topological polar surface area (TPSA) is 70.7 Å². The Labute approximate surface area is 160 Å². The van der Waals surface area contributed by atoms with Gasteiger partial charge in [-0.2, -0.15) is 8.78 Å². The highest BCUT2D eigenvalue weighted by atomic mass is 35.5. The molecule has 0 aliphatic heterocycles. The summed E-state index contributed by atoms with van der Waals surface area (Å²) < 4.78 is 28.4. The molecule has 0 aromatic heterocycles. The summed E-state index contributed by atoms with van der Waals surface area (Å²) in [6.07, 6.45) is 0. The van der Waals surface area contributed by atoms with E-state index in [-0.39, 0.29) is 30.7 Å². The van der Waals surface area contributed by atoms with Crippen LogP contribution in [0.15, 0.2) is 48.5 Å². The van der Waals surface area contributed by atoms with E-state index in [4.69, 9.17) is 11.6 Å². The fourth-order valence-corrected chi connectivity index (χ4v) is 2.31. The van der Waals surface area contributed by atoms with Gasteiger partial charge in [0.2, 0.25) is 11.8 Å². The number of ether oxygens (including phenoxy) is 1. The number of rotatable bonds is 8. The van der Waals surface area contributed by atoms with Gasteiger partial charge in [0.05, 0.1) is 23.8 Å². The van der Waals surface area contributed by atoms with E-state index in [1.807, 2.05) is 0 Å². The highest BCUT2D eigenvalue weighted by molar-refractivity contribution is 6.33. The molecule has 0 spiro atoms. The molecule has 2 N–H and O–H groups in total. The Hall–Kier alpha value is -2.87. The predicted molar refractivity (Wildman–Crippen MR) is 99.3 cm³/mol. The highest BCUT2D eigenvalue weighted by Gasteiger charge is 2.14. The number of hydrogen-bond acceptors (Lipinski definition) is 4. The molecule has 2 aromatic carbocycles. The van der Waals surface area contributed by atoms with Gasteiger partial charge in [-0.05, 0) is 36.4 Å². The fraction of sp³-hybridized carbons (Fsp3) is 0.222. The van der Waals surface area contributed by atoms with Gasteiger partial charge in [0, 0.05) is 12.7 Å². The molecule has 9 heteroatoms. The minimum atomic E-state index is -2.89. The number of anilines is 2. The van der Waals surface area contributed by atoms with Crippen LogP contribution in [0, 0.1) is 0 Å². The first kappa shape index (κ1) is 20.4. The molecule has 2 amide bonds. The van der Waals surface area contributed by atoms with Crippen LogP contribution in [0.5, 0.6) is 5.75 Å². The van der Waals surface area contributed by atoms with E-state index in [1.165, 1.54) is 36.2 Å². The molecule has 27 heavy (non-hydrogen) atoms. The summed E-state index contributed by atoms with van der Waals surface area (Å²) in [6, 6.07) is 12.5. The van der Waals surface area contributed by atoms with Gasteiger partial charge in [-0.3, -0.25) is 9.59 Å². The average molecular weight is 398 g/mol. The van der Waals surface area contributed by atoms with Crippen molar-refractivity contribution in [3.63, 3.8) is 0 Å². The Morgan fingerprint density at radius 2 is 1.81 bits per heavy atom. The normalized spacial score (nSPS) is 10.4. The molecule has 0 radical (unpaired) electrons. The number of nitrogens with one attached hydrogen (secondary N) is 2. The van der Waals surface area contributed by atoms with E-state index in [0.717, 1.165) is 0 Å². The SMILES string of the molecule is CN(CC(=O)Nc1ccccc1Cl)C(=O)CNc1ccc(OC(F)F)cc1. The number of para-hydroxylation sites is 1. The van der Waals surface area contributed by atoms with E-state index in [2.05, 4.69) is 15.4 Å². The third-order valence-electron chi connectivity index (χ3n) is 3.48. The second kappa shape index (κ2) is 9.72. The van der Waals surface area contributed by atoms with Crippen molar-refractivity contribution >= 4 is 34.8 Å². The van der Waals surface area contributed by atoms with Gasteiger partial charge in [0.15, 0.2) is 0 Å². The van der Waals surface area contributed by atoms with Crippen LogP contribution >= 0.6 is 11.6 Å². The number of amides is 2. The molecule has 0 atom stereocenters. The second-order valence-corrected chi connectivity index (χ2v) is 5.94. The molecule has 0 saturated carbocycles. The first-order valence-corrected chi connectivity index (χ1v) is 8.30. The van der Waals surface area contributed by atoms with Gasteiger partial charge < -0.3 is 20.3 Å². The molecular weight excluding hydrogens is 380 g/mol. The summed E-state index contributed by atoms with van der Waals surface area (Å²) >= 11 is 5.97. The molecule has 144 valence electrons. The average Bonchev–Trinajstić information content (AvgIpc) is 2.62. The lowest BCUT2D eigenvalue weighted by Crippen LogP contribution is -2.38. The summed E-state index contributed by atoms with van der Waals surface area (Å²) in [7, 11) is 1.50. The van der Waals surface area contributed by atoms with Crippen molar-refractivity contribution in [1.29, 1.82) is 0 Å².